The molecule has 126 valence electrons. The van der Waals surface area contributed by atoms with Gasteiger partial charge in [0.15, 0.2) is 0 Å². The van der Waals surface area contributed by atoms with E-state index in [1.165, 1.54) is 5.56 Å². The van der Waals surface area contributed by atoms with E-state index < -0.39 is 0 Å². The second-order valence-electron chi connectivity index (χ2n) is 6.04. The van der Waals surface area contributed by atoms with Crippen LogP contribution in [0.15, 0.2) is 47.9 Å². The van der Waals surface area contributed by atoms with Crippen LogP contribution in [0.4, 0.5) is 0 Å². The molecule has 0 spiro atoms. The standard InChI is InChI=1S/C19H18N4O2/c24-10-7-17-21-18(12-5-8-20-9-6-12)19(22-17)14-1-3-15-13(11-14)2-4-16(15)23-25/h1,3,5-6,8-9,11,24-25H,2,4,7,10H2,(H,21,22). The highest BCUT2D eigenvalue weighted by Crippen LogP contribution is 2.33. The van der Waals surface area contributed by atoms with Crippen molar-refractivity contribution in [2.24, 2.45) is 5.16 Å². The number of rotatable bonds is 4. The lowest BCUT2D eigenvalue weighted by Crippen LogP contribution is -1.94. The molecule has 4 rings (SSSR count). The fraction of sp³-hybridized carbons (Fsp3) is 0.211. The van der Waals surface area contributed by atoms with Gasteiger partial charge in [-0.2, -0.15) is 0 Å². The topological polar surface area (TPSA) is 94.4 Å². The third kappa shape index (κ3) is 2.81. The number of hydrogen-bond donors (Lipinski definition) is 3. The molecule has 0 bridgehead atoms. The maximum atomic E-state index is 9.24. The van der Waals surface area contributed by atoms with Gasteiger partial charge in [-0.05, 0) is 36.6 Å². The summed E-state index contributed by atoms with van der Waals surface area (Å²) in [6.45, 7) is 0.0449. The Labute approximate surface area is 144 Å². The average molecular weight is 334 g/mol. The van der Waals surface area contributed by atoms with Crippen molar-refractivity contribution in [3.63, 3.8) is 0 Å². The van der Waals surface area contributed by atoms with Crippen LogP contribution in [-0.4, -0.2) is 37.6 Å². The van der Waals surface area contributed by atoms with Crippen molar-refractivity contribution < 1.29 is 10.3 Å². The van der Waals surface area contributed by atoms with Gasteiger partial charge in [0.05, 0.1) is 23.7 Å². The predicted molar refractivity (Wildman–Crippen MR) is 94.7 cm³/mol. The van der Waals surface area contributed by atoms with Crippen molar-refractivity contribution in [3.05, 3.63) is 59.7 Å². The number of aliphatic hydroxyl groups excluding tert-OH is 1. The highest BCUT2D eigenvalue weighted by atomic mass is 16.4. The van der Waals surface area contributed by atoms with Crippen LogP contribution in [-0.2, 0) is 12.8 Å². The zero-order valence-electron chi connectivity index (χ0n) is 13.6. The number of nitrogens with one attached hydrogen (secondary N) is 1. The van der Waals surface area contributed by atoms with E-state index >= 15 is 0 Å². The minimum Gasteiger partial charge on any atom is -0.411 e. The molecule has 25 heavy (non-hydrogen) atoms. The summed E-state index contributed by atoms with van der Waals surface area (Å²) in [7, 11) is 0. The number of hydrogen-bond acceptors (Lipinski definition) is 5. The number of imidazole rings is 1. The molecule has 3 aromatic rings. The molecule has 0 saturated heterocycles. The molecule has 0 unspecified atom stereocenters. The summed E-state index contributed by atoms with van der Waals surface area (Å²) in [4.78, 5) is 12.1. The van der Waals surface area contributed by atoms with Crippen LogP contribution in [0, 0.1) is 0 Å². The minimum atomic E-state index is 0.0449. The van der Waals surface area contributed by atoms with E-state index in [1.807, 2.05) is 24.3 Å². The highest BCUT2D eigenvalue weighted by molar-refractivity contribution is 6.04. The number of oxime groups is 1. The molecular weight excluding hydrogens is 316 g/mol. The first-order valence-corrected chi connectivity index (χ1v) is 8.25. The number of aryl methyl sites for hydroxylation is 1. The molecule has 0 radical (unpaired) electrons. The van der Waals surface area contributed by atoms with Gasteiger partial charge in [-0.15, -0.1) is 0 Å². The lowest BCUT2D eigenvalue weighted by Gasteiger charge is -2.06. The van der Waals surface area contributed by atoms with Gasteiger partial charge in [0.25, 0.3) is 0 Å². The lowest BCUT2D eigenvalue weighted by molar-refractivity contribution is 0.297. The highest BCUT2D eigenvalue weighted by Gasteiger charge is 2.21. The maximum absolute atomic E-state index is 9.24. The van der Waals surface area contributed by atoms with Gasteiger partial charge in [0.1, 0.15) is 5.82 Å². The molecule has 2 aromatic heterocycles. The average Bonchev–Trinajstić information content (AvgIpc) is 3.26. The first-order chi connectivity index (χ1) is 12.3. The Morgan fingerprint density at radius 2 is 1.92 bits per heavy atom. The summed E-state index contributed by atoms with van der Waals surface area (Å²) in [5.74, 6) is 0.752. The van der Waals surface area contributed by atoms with E-state index in [4.69, 9.17) is 5.21 Å². The van der Waals surface area contributed by atoms with E-state index in [-0.39, 0.29) is 6.61 Å². The maximum Gasteiger partial charge on any atom is 0.109 e. The first kappa shape index (κ1) is 15.5. The molecule has 0 atom stereocenters. The van der Waals surface area contributed by atoms with Gasteiger partial charge in [-0.1, -0.05) is 17.3 Å². The van der Waals surface area contributed by atoms with Crippen LogP contribution in [0.5, 0.6) is 0 Å². The largest absolute Gasteiger partial charge is 0.411 e. The molecule has 1 aliphatic rings. The van der Waals surface area contributed by atoms with Crippen LogP contribution in [0.1, 0.15) is 23.4 Å². The van der Waals surface area contributed by atoms with Crippen molar-refractivity contribution in [3.8, 4) is 22.5 Å². The molecule has 1 aliphatic carbocycles. The first-order valence-electron chi connectivity index (χ1n) is 8.25. The van der Waals surface area contributed by atoms with Gasteiger partial charge in [0, 0.05) is 35.5 Å². The van der Waals surface area contributed by atoms with E-state index in [9.17, 15) is 5.11 Å². The SMILES string of the molecule is OCCc1nc(-c2ccncc2)c(-c2ccc3c(c2)CCC3=NO)[nH]1. The number of aliphatic hydroxyl groups is 1. The third-order valence-electron chi connectivity index (χ3n) is 4.51. The quantitative estimate of drug-likeness (QED) is 0.505. The summed E-state index contributed by atoms with van der Waals surface area (Å²) < 4.78 is 0. The summed E-state index contributed by atoms with van der Waals surface area (Å²) >= 11 is 0. The van der Waals surface area contributed by atoms with E-state index in [0.29, 0.717) is 6.42 Å². The van der Waals surface area contributed by atoms with Gasteiger partial charge in [-0.3, -0.25) is 4.98 Å². The van der Waals surface area contributed by atoms with Crippen LogP contribution >= 0.6 is 0 Å². The molecule has 3 N–H and O–H groups in total. The van der Waals surface area contributed by atoms with Gasteiger partial charge in [0.2, 0.25) is 0 Å². The second kappa shape index (κ2) is 6.49. The number of aromatic nitrogens is 3. The number of pyridine rings is 1. The lowest BCUT2D eigenvalue weighted by atomic mass is 10.0. The summed E-state index contributed by atoms with van der Waals surface area (Å²) in [6.07, 6.45) is 5.58. The van der Waals surface area contributed by atoms with E-state index in [1.54, 1.807) is 12.4 Å². The van der Waals surface area contributed by atoms with Gasteiger partial charge >= 0.3 is 0 Å². The van der Waals surface area contributed by atoms with Gasteiger partial charge in [-0.25, -0.2) is 4.98 Å². The van der Waals surface area contributed by atoms with Crippen molar-refractivity contribution in [2.75, 3.05) is 6.61 Å². The predicted octanol–water partition coefficient (Wildman–Crippen LogP) is 2.80. The Kier molecular flexibility index (Phi) is 4.03. The number of nitrogens with zero attached hydrogens (tertiary/aromatic N) is 3. The van der Waals surface area contributed by atoms with Gasteiger partial charge < -0.3 is 15.3 Å². The van der Waals surface area contributed by atoms with Crippen molar-refractivity contribution in [1.29, 1.82) is 0 Å². The fourth-order valence-electron chi connectivity index (χ4n) is 3.30. The van der Waals surface area contributed by atoms with E-state index in [2.05, 4.69) is 26.2 Å². The summed E-state index contributed by atoms with van der Waals surface area (Å²) in [5.41, 5.74) is 6.69. The van der Waals surface area contributed by atoms with Crippen LogP contribution < -0.4 is 0 Å². The normalized spacial score (nSPS) is 14.8. The van der Waals surface area contributed by atoms with Crippen molar-refractivity contribution in [2.45, 2.75) is 19.3 Å². The molecule has 0 amide bonds. The second-order valence-corrected chi connectivity index (χ2v) is 6.04. The Morgan fingerprint density at radius 3 is 2.68 bits per heavy atom. The Bertz CT molecular complexity index is 932. The number of aromatic amines is 1. The molecule has 2 heterocycles. The molecule has 6 nitrogen and oxygen atoms in total. The van der Waals surface area contributed by atoms with Crippen LogP contribution in [0.3, 0.4) is 0 Å². The van der Waals surface area contributed by atoms with Crippen molar-refractivity contribution in [1.82, 2.24) is 15.0 Å². The molecular formula is C19H18N4O2. The summed E-state index contributed by atoms with van der Waals surface area (Å²) in [6, 6.07) is 9.97. The Hall–Kier alpha value is -2.99. The summed E-state index contributed by atoms with van der Waals surface area (Å²) in [5, 5.41) is 21.7. The fourth-order valence-corrected chi connectivity index (χ4v) is 3.30. The third-order valence-corrected chi connectivity index (χ3v) is 4.51. The number of fused-ring (bicyclic) bond motifs is 1. The molecule has 0 aliphatic heterocycles. The van der Waals surface area contributed by atoms with Crippen LogP contribution in [0.2, 0.25) is 0 Å². The molecule has 0 fully saturated rings. The van der Waals surface area contributed by atoms with Crippen LogP contribution in [0.25, 0.3) is 22.5 Å². The Morgan fingerprint density at radius 1 is 1.08 bits per heavy atom. The smallest absolute Gasteiger partial charge is 0.109 e. The molecule has 6 heteroatoms. The molecule has 0 saturated carbocycles. The zero-order valence-corrected chi connectivity index (χ0v) is 13.6. The number of benzene rings is 1. The number of H-pyrrole nitrogens is 1. The zero-order chi connectivity index (χ0) is 17.2. The molecule has 1 aromatic carbocycles. The monoisotopic (exact) mass is 334 g/mol. The minimum absolute atomic E-state index is 0.0449. The Balaban J connectivity index is 1.82. The van der Waals surface area contributed by atoms with Crippen molar-refractivity contribution >= 4 is 5.71 Å². The van der Waals surface area contributed by atoms with E-state index in [0.717, 1.165) is 52.5 Å².